The Kier molecular flexibility index (Phi) is 6.62. The first-order valence-corrected chi connectivity index (χ1v) is 12.5. The molecule has 35 heavy (non-hydrogen) atoms. The van der Waals surface area contributed by atoms with Crippen molar-refractivity contribution in [1.29, 1.82) is 0 Å². The summed E-state index contributed by atoms with van der Waals surface area (Å²) in [4.78, 5) is 32.2. The van der Waals surface area contributed by atoms with Crippen LogP contribution in [-0.2, 0) is 16.0 Å². The number of carbonyl (C=O) groups excluding carboxylic acids is 2. The number of rotatable bonds is 6. The van der Waals surface area contributed by atoms with Gasteiger partial charge in [0, 0.05) is 42.9 Å². The number of hydrogen-bond donors (Lipinski definition) is 2. The minimum Gasteiger partial charge on any atom is -0.349 e. The predicted molar refractivity (Wildman–Crippen MR) is 130 cm³/mol. The van der Waals surface area contributed by atoms with Crippen LogP contribution in [0.4, 0.5) is 13.9 Å². The number of piperidine rings is 1. The van der Waals surface area contributed by atoms with Gasteiger partial charge in [-0.15, -0.1) is 11.3 Å². The van der Waals surface area contributed by atoms with E-state index in [1.165, 1.54) is 29.5 Å². The number of nitrogens with one attached hydrogen (secondary N) is 2. The second kappa shape index (κ2) is 9.83. The molecule has 1 aromatic heterocycles. The molecule has 2 N–H and O–H groups in total. The SMILES string of the molecule is O=C(CN1C[C@@H](c2cccc(F)c2)[C@@]2(CCCC(=O)N2)C1)Nc1ncc(Cc2ccccc2F)s1. The number of nitrogens with zero attached hydrogens (tertiary/aromatic N) is 2. The summed E-state index contributed by atoms with van der Waals surface area (Å²) in [5.41, 5.74) is 0.888. The molecule has 0 radical (unpaired) electrons. The van der Waals surface area contributed by atoms with E-state index in [1.54, 1.807) is 30.5 Å². The summed E-state index contributed by atoms with van der Waals surface area (Å²) in [5.74, 6) is -0.909. The van der Waals surface area contributed by atoms with Crippen molar-refractivity contribution in [3.05, 3.63) is 82.4 Å². The number of hydrogen-bond acceptors (Lipinski definition) is 5. The van der Waals surface area contributed by atoms with Gasteiger partial charge in [-0.3, -0.25) is 14.5 Å². The Labute approximate surface area is 206 Å². The summed E-state index contributed by atoms with van der Waals surface area (Å²) in [6, 6.07) is 13.1. The molecule has 2 atom stereocenters. The van der Waals surface area contributed by atoms with E-state index in [4.69, 9.17) is 0 Å². The number of halogens is 2. The predicted octanol–water partition coefficient (Wildman–Crippen LogP) is 4.09. The van der Waals surface area contributed by atoms with Crippen LogP contribution in [0.1, 0.15) is 41.2 Å². The van der Waals surface area contributed by atoms with Crippen LogP contribution in [0.5, 0.6) is 0 Å². The minimum atomic E-state index is -0.516. The molecule has 2 aliphatic rings. The molecular weight excluding hydrogens is 470 g/mol. The molecule has 3 aromatic rings. The van der Waals surface area contributed by atoms with Gasteiger partial charge in [0.2, 0.25) is 11.8 Å². The second-order valence-corrected chi connectivity index (χ2v) is 10.4. The molecule has 5 rings (SSSR count). The lowest BCUT2D eigenvalue weighted by Gasteiger charge is -2.39. The average molecular weight is 497 g/mol. The fourth-order valence-corrected chi connectivity index (χ4v) is 6.11. The monoisotopic (exact) mass is 496 g/mol. The molecule has 9 heteroatoms. The van der Waals surface area contributed by atoms with E-state index in [-0.39, 0.29) is 35.9 Å². The quantitative estimate of drug-likeness (QED) is 0.539. The minimum absolute atomic E-state index is 0.00544. The molecule has 1 spiro atoms. The highest BCUT2D eigenvalue weighted by Crippen LogP contribution is 2.41. The lowest BCUT2D eigenvalue weighted by atomic mass is 9.76. The zero-order valence-corrected chi connectivity index (χ0v) is 19.9. The highest BCUT2D eigenvalue weighted by atomic mass is 32.1. The molecule has 182 valence electrons. The molecule has 2 aromatic carbocycles. The molecular formula is C26H26F2N4O2S. The molecule has 2 fully saturated rings. The fraction of sp³-hybridized carbons (Fsp3) is 0.346. The van der Waals surface area contributed by atoms with Gasteiger partial charge < -0.3 is 10.6 Å². The van der Waals surface area contributed by atoms with Gasteiger partial charge in [0.15, 0.2) is 5.13 Å². The first kappa shape index (κ1) is 23.6. The summed E-state index contributed by atoms with van der Waals surface area (Å²) in [7, 11) is 0. The van der Waals surface area contributed by atoms with Crippen molar-refractivity contribution in [2.24, 2.45) is 0 Å². The maximum Gasteiger partial charge on any atom is 0.240 e. The lowest BCUT2D eigenvalue weighted by Crippen LogP contribution is -2.56. The van der Waals surface area contributed by atoms with Gasteiger partial charge in [-0.1, -0.05) is 30.3 Å². The zero-order chi connectivity index (χ0) is 24.4. The molecule has 0 bridgehead atoms. The molecule has 0 saturated carbocycles. The molecule has 0 unspecified atom stereocenters. The Morgan fingerprint density at radius 2 is 2.09 bits per heavy atom. The summed E-state index contributed by atoms with van der Waals surface area (Å²) in [6.45, 7) is 1.18. The number of benzene rings is 2. The van der Waals surface area contributed by atoms with Crippen molar-refractivity contribution in [3.8, 4) is 0 Å². The maximum atomic E-state index is 14.0. The van der Waals surface area contributed by atoms with E-state index >= 15 is 0 Å². The van der Waals surface area contributed by atoms with Gasteiger partial charge in [-0.05, 0) is 42.2 Å². The Hall–Kier alpha value is -3.17. The van der Waals surface area contributed by atoms with Gasteiger partial charge in [0.25, 0.3) is 0 Å². The van der Waals surface area contributed by atoms with E-state index in [0.29, 0.717) is 36.6 Å². The van der Waals surface area contributed by atoms with Crippen molar-refractivity contribution < 1.29 is 18.4 Å². The average Bonchev–Trinajstić information content (AvgIpc) is 3.39. The lowest BCUT2D eigenvalue weighted by molar-refractivity contribution is -0.125. The number of anilines is 1. The number of likely N-dealkylation sites (tertiary alicyclic amines) is 1. The fourth-order valence-electron chi connectivity index (χ4n) is 5.26. The van der Waals surface area contributed by atoms with Crippen molar-refractivity contribution in [1.82, 2.24) is 15.2 Å². The maximum absolute atomic E-state index is 14.0. The molecule has 3 heterocycles. The topological polar surface area (TPSA) is 74.3 Å². The van der Waals surface area contributed by atoms with E-state index in [2.05, 4.69) is 15.6 Å². The summed E-state index contributed by atoms with van der Waals surface area (Å²) in [6.07, 6.45) is 4.09. The third-order valence-electron chi connectivity index (χ3n) is 6.77. The van der Waals surface area contributed by atoms with Crippen LogP contribution in [0.15, 0.2) is 54.7 Å². The summed E-state index contributed by atoms with van der Waals surface area (Å²) >= 11 is 1.32. The van der Waals surface area contributed by atoms with E-state index in [9.17, 15) is 18.4 Å². The van der Waals surface area contributed by atoms with Gasteiger partial charge in [0.05, 0.1) is 12.1 Å². The van der Waals surface area contributed by atoms with E-state index in [1.807, 2.05) is 11.0 Å². The molecule has 6 nitrogen and oxygen atoms in total. The highest BCUT2D eigenvalue weighted by molar-refractivity contribution is 7.15. The van der Waals surface area contributed by atoms with Crippen LogP contribution in [0.3, 0.4) is 0 Å². The normalized spacial score (nSPS) is 22.3. The zero-order valence-electron chi connectivity index (χ0n) is 19.1. The van der Waals surface area contributed by atoms with Crippen LogP contribution in [0.25, 0.3) is 0 Å². The number of aromatic nitrogens is 1. The van der Waals surface area contributed by atoms with Crippen LogP contribution in [0.2, 0.25) is 0 Å². The Morgan fingerprint density at radius 3 is 2.89 bits per heavy atom. The third kappa shape index (κ3) is 5.26. The number of carbonyl (C=O) groups is 2. The van der Waals surface area contributed by atoms with E-state index < -0.39 is 5.54 Å². The van der Waals surface area contributed by atoms with Crippen molar-refractivity contribution in [2.75, 3.05) is 25.0 Å². The second-order valence-electron chi connectivity index (χ2n) is 9.28. The van der Waals surface area contributed by atoms with Crippen LogP contribution < -0.4 is 10.6 Å². The van der Waals surface area contributed by atoms with Crippen molar-refractivity contribution in [2.45, 2.75) is 37.1 Å². The Balaban J connectivity index is 1.25. The van der Waals surface area contributed by atoms with Gasteiger partial charge in [-0.2, -0.15) is 0 Å². The van der Waals surface area contributed by atoms with Crippen molar-refractivity contribution >= 4 is 28.3 Å². The van der Waals surface area contributed by atoms with Gasteiger partial charge in [-0.25, -0.2) is 13.8 Å². The smallest absolute Gasteiger partial charge is 0.240 e. The Morgan fingerprint density at radius 1 is 1.23 bits per heavy atom. The third-order valence-corrected chi connectivity index (χ3v) is 7.68. The summed E-state index contributed by atoms with van der Waals surface area (Å²) in [5, 5.41) is 6.47. The van der Waals surface area contributed by atoms with Gasteiger partial charge in [0.1, 0.15) is 11.6 Å². The molecule has 2 aliphatic heterocycles. The Bertz CT molecular complexity index is 1250. The first-order valence-electron chi connectivity index (χ1n) is 11.7. The highest BCUT2D eigenvalue weighted by Gasteiger charge is 2.49. The molecule has 2 saturated heterocycles. The van der Waals surface area contributed by atoms with Crippen molar-refractivity contribution in [3.63, 3.8) is 0 Å². The number of amides is 2. The van der Waals surface area contributed by atoms with Gasteiger partial charge >= 0.3 is 0 Å². The van der Waals surface area contributed by atoms with Crippen LogP contribution >= 0.6 is 11.3 Å². The van der Waals surface area contributed by atoms with Crippen LogP contribution in [-0.4, -0.2) is 46.9 Å². The first-order chi connectivity index (χ1) is 16.9. The standard InChI is InChI=1S/C26H26F2N4O2S/c27-19-7-3-6-17(11-19)21-14-32(16-26(21)10-4-9-23(33)31-26)15-24(34)30-25-29-13-20(35-25)12-18-5-1-2-8-22(18)28/h1-3,5-8,11,13,21H,4,9-10,12,14-16H2,(H,31,33)(H,29,30,34)/t21-,26+/m0/s1. The summed E-state index contributed by atoms with van der Waals surface area (Å²) < 4.78 is 27.9. The van der Waals surface area contributed by atoms with Crippen LogP contribution in [0, 0.1) is 11.6 Å². The number of thiazole rings is 1. The molecule has 2 amide bonds. The van der Waals surface area contributed by atoms with E-state index in [0.717, 1.165) is 23.3 Å². The molecule has 0 aliphatic carbocycles. The largest absolute Gasteiger partial charge is 0.349 e.